The van der Waals surface area contributed by atoms with Gasteiger partial charge in [0, 0.05) is 6.07 Å². The number of hydrogen-bond acceptors (Lipinski definition) is 4. The van der Waals surface area contributed by atoms with Gasteiger partial charge in [0.05, 0.1) is 18.8 Å². The van der Waals surface area contributed by atoms with E-state index in [-0.39, 0.29) is 0 Å². The van der Waals surface area contributed by atoms with E-state index in [1.165, 1.54) is 25.7 Å². The van der Waals surface area contributed by atoms with Crippen molar-refractivity contribution in [3.8, 4) is 5.88 Å². The summed E-state index contributed by atoms with van der Waals surface area (Å²) >= 11 is 0. The molecule has 0 aromatic carbocycles. The third kappa shape index (κ3) is 6.42. The Labute approximate surface area is 129 Å². The first-order chi connectivity index (χ1) is 10.2. The van der Waals surface area contributed by atoms with Crippen LogP contribution in [0.1, 0.15) is 71.0 Å². The summed E-state index contributed by atoms with van der Waals surface area (Å²) in [6, 6.07) is 2.25. The van der Waals surface area contributed by atoms with Crippen molar-refractivity contribution < 1.29 is 4.74 Å². The lowest BCUT2D eigenvalue weighted by molar-refractivity contribution is 0.346. The van der Waals surface area contributed by atoms with Crippen LogP contribution in [0.5, 0.6) is 5.88 Å². The molecule has 4 nitrogen and oxygen atoms in total. The molecular formula is C17H31N3O. The first kappa shape index (κ1) is 17.9. The third-order valence-corrected chi connectivity index (χ3v) is 3.98. The zero-order chi connectivity index (χ0) is 15.5. The normalized spacial score (nSPS) is 13.9. The zero-order valence-corrected chi connectivity index (χ0v) is 14.1. The van der Waals surface area contributed by atoms with E-state index in [1.807, 2.05) is 6.07 Å². The maximum atomic E-state index is 5.23. The monoisotopic (exact) mass is 293 g/mol. The van der Waals surface area contributed by atoms with E-state index in [2.05, 4.69) is 36.1 Å². The molecule has 0 saturated heterocycles. The molecule has 120 valence electrons. The minimum absolute atomic E-state index is 0.295. The Balaban J connectivity index is 2.77. The molecule has 0 saturated carbocycles. The average Bonchev–Trinajstić information content (AvgIpc) is 2.54. The van der Waals surface area contributed by atoms with Crippen molar-refractivity contribution in [2.45, 2.75) is 65.3 Å². The molecule has 0 aliphatic rings. The van der Waals surface area contributed by atoms with Gasteiger partial charge in [0.2, 0.25) is 5.88 Å². The van der Waals surface area contributed by atoms with E-state index in [0.29, 0.717) is 11.9 Å². The Morgan fingerprint density at radius 1 is 1.19 bits per heavy atom. The molecule has 1 N–H and O–H groups in total. The number of aromatic nitrogens is 2. The van der Waals surface area contributed by atoms with Crippen molar-refractivity contribution >= 4 is 0 Å². The van der Waals surface area contributed by atoms with Gasteiger partial charge in [-0.05, 0) is 25.3 Å². The second-order valence-corrected chi connectivity index (χ2v) is 5.64. The van der Waals surface area contributed by atoms with Gasteiger partial charge >= 0.3 is 0 Å². The minimum Gasteiger partial charge on any atom is -0.481 e. The van der Waals surface area contributed by atoms with E-state index < -0.39 is 0 Å². The maximum absolute atomic E-state index is 5.23. The fourth-order valence-corrected chi connectivity index (χ4v) is 2.60. The van der Waals surface area contributed by atoms with Crippen LogP contribution in [0.15, 0.2) is 12.4 Å². The molecule has 0 bridgehead atoms. The Bertz CT molecular complexity index is 384. The summed E-state index contributed by atoms with van der Waals surface area (Å²) in [5.41, 5.74) is 1.05. The summed E-state index contributed by atoms with van der Waals surface area (Å²) in [4.78, 5) is 8.56. The number of methoxy groups -OCH3 is 1. The highest BCUT2D eigenvalue weighted by molar-refractivity contribution is 5.16. The fraction of sp³-hybridized carbons (Fsp3) is 0.765. The predicted octanol–water partition coefficient (Wildman–Crippen LogP) is 4.13. The zero-order valence-electron chi connectivity index (χ0n) is 14.1. The van der Waals surface area contributed by atoms with Crippen molar-refractivity contribution in [3.05, 3.63) is 18.1 Å². The van der Waals surface area contributed by atoms with Crippen molar-refractivity contribution in [3.63, 3.8) is 0 Å². The predicted molar refractivity (Wildman–Crippen MR) is 87.5 cm³/mol. The summed E-state index contributed by atoms with van der Waals surface area (Å²) in [7, 11) is 1.65. The molecule has 4 heteroatoms. The largest absolute Gasteiger partial charge is 0.481 e. The first-order valence-corrected chi connectivity index (χ1v) is 8.34. The van der Waals surface area contributed by atoms with Crippen molar-refractivity contribution in [1.82, 2.24) is 15.3 Å². The quantitative estimate of drug-likeness (QED) is 0.666. The van der Waals surface area contributed by atoms with E-state index in [0.717, 1.165) is 31.0 Å². The highest BCUT2D eigenvalue weighted by atomic mass is 16.5. The first-order valence-electron chi connectivity index (χ1n) is 8.34. The van der Waals surface area contributed by atoms with Crippen LogP contribution in [0.3, 0.4) is 0 Å². The topological polar surface area (TPSA) is 47.0 Å². The van der Waals surface area contributed by atoms with Crippen molar-refractivity contribution in [1.29, 1.82) is 0 Å². The van der Waals surface area contributed by atoms with Gasteiger partial charge in [-0.3, -0.25) is 0 Å². The highest BCUT2D eigenvalue weighted by Crippen LogP contribution is 2.26. The summed E-state index contributed by atoms with van der Waals surface area (Å²) < 4.78 is 5.23. The molecule has 1 aromatic rings. The van der Waals surface area contributed by atoms with Gasteiger partial charge in [0.15, 0.2) is 0 Å². The Hall–Kier alpha value is -1.16. The molecule has 0 amide bonds. The summed E-state index contributed by atoms with van der Waals surface area (Å²) in [5.74, 6) is 1.39. The highest BCUT2D eigenvalue weighted by Gasteiger charge is 2.18. The second kappa shape index (κ2) is 10.6. The molecule has 1 aromatic heterocycles. The van der Waals surface area contributed by atoms with Gasteiger partial charge in [0.25, 0.3) is 0 Å². The Kier molecular flexibility index (Phi) is 8.99. The van der Waals surface area contributed by atoms with Gasteiger partial charge in [0.1, 0.15) is 6.33 Å². The fourth-order valence-electron chi connectivity index (χ4n) is 2.60. The van der Waals surface area contributed by atoms with E-state index >= 15 is 0 Å². The molecule has 0 fully saturated rings. The number of rotatable bonds is 11. The number of hydrogen-bond donors (Lipinski definition) is 1. The number of nitrogens with one attached hydrogen (secondary N) is 1. The molecule has 0 radical (unpaired) electrons. The summed E-state index contributed by atoms with van der Waals surface area (Å²) in [6.45, 7) is 7.76. The molecule has 2 atom stereocenters. The van der Waals surface area contributed by atoms with Gasteiger partial charge in [-0.15, -0.1) is 0 Å². The second-order valence-electron chi connectivity index (χ2n) is 5.64. The van der Waals surface area contributed by atoms with Gasteiger partial charge in [-0.1, -0.05) is 46.5 Å². The van der Waals surface area contributed by atoms with E-state index in [4.69, 9.17) is 4.74 Å². The lowest BCUT2D eigenvalue weighted by Gasteiger charge is -2.23. The molecule has 0 aliphatic heterocycles. The van der Waals surface area contributed by atoms with Crippen LogP contribution in [0, 0.1) is 5.92 Å². The van der Waals surface area contributed by atoms with Crippen LogP contribution < -0.4 is 10.1 Å². The van der Waals surface area contributed by atoms with Crippen LogP contribution >= 0.6 is 0 Å². The van der Waals surface area contributed by atoms with Crippen molar-refractivity contribution in [2.75, 3.05) is 13.7 Å². The summed E-state index contributed by atoms with van der Waals surface area (Å²) in [5, 5.41) is 3.63. The standard InChI is InChI=1S/C17H31N3O/c1-5-8-9-14(7-3)11-15(18-10-6-2)16-12-17(21-4)20-13-19-16/h12-15,18H,5-11H2,1-4H3. The van der Waals surface area contributed by atoms with Gasteiger partial charge in [-0.2, -0.15) is 0 Å². The molecule has 21 heavy (non-hydrogen) atoms. The third-order valence-electron chi connectivity index (χ3n) is 3.98. The molecule has 2 unspecified atom stereocenters. The molecular weight excluding hydrogens is 262 g/mol. The maximum Gasteiger partial charge on any atom is 0.216 e. The van der Waals surface area contributed by atoms with Gasteiger partial charge < -0.3 is 10.1 Å². The lowest BCUT2D eigenvalue weighted by Crippen LogP contribution is -2.25. The molecule has 0 spiro atoms. The number of ether oxygens (including phenoxy) is 1. The van der Waals surface area contributed by atoms with Crippen LogP contribution in [0.25, 0.3) is 0 Å². The Morgan fingerprint density at radius 3 is 2.62 bits per heavy atom. The van der Waals surface area contributed by atoms with Crippen LogP contribution in [0.4, 0.5) is 0 Å². The SMILES string of the molecule is CCCCC(CC)CC(NCCC)c1cc(OC)ncn1. The summed E-state index contributed by atoms with van der Waals surface area (Å²) in [6.07, 6.45) is 8.98. The number of unbranched alkanes of at least 4 members (excludes halogenated alkanes) is 1. The molecule has 1 rings (SSSR count). The Morgan fingerprint density at radius 2 is 2.00 bits per heavy atom. The van der Waals surface area contributed by atoms with Crippen molar-refractivity contribution in [2.24, 2.45) is 5.92 Å². The average molecular weight is 293 g/mol. The van der Waals surface area contributed by atoms with Crippen LogP contribution in [-0.2, 0) is 0 Å². The van der Waals surface area contributed by atoms with Crippen LogP contribution in [-0.4, -0.2) is 23.6 Å². The molecule has 0 aliphatic carbocycles. The van der Waals surface area contributed by atoms with E-state index in [9.17, 15) is 0 Å². The molecule has 1 heterocycles. The smallest absolute Gasteiger partial charge is 0.216 e. The number of nitrogens with zero attached hydrogens (tertiary/aromatic N) is 2. The van der Waals surface area contributed by atoms with E-state index in [1.54, 1.807) is 13.4 Å². The minimum atomic E-state index is 0.295. The van der Waals surface area contributed by atoms with Crippen LogP contribution in [0.2, 0.25) is 0 Å². The van der Waals surface area contributed by atoms with Gasteiger partial charge in [-0.25, -0.2) is 9.97 Å². The lowest BCUT2D eigenvalue weighted by atomic mass is 9.90.